The van der Waals surface area contributed by atoms with Crippen molar-refractivity contribution in [1.82, 2.24) is 14.5 Å². The Hall–Kier alpha value is -2.87. The van der Waals surface area contributed by atoms with Gasteiger partial charge < -0.3 is 15.4 Å². The van der Waals surface area contributed by atoms with Crippen molar-refractivity contribution in [3.05, 3.63) is 62.6 Å². The number of hydrogen-bond acceptors (Lipinski definition) is 5. The van der Waals surface area contributed by atoms with Crippen LogP contribution in [0.4, 0.5) is 15.9 Å². The van der Waals surface area contributed by atoms with Gasteiger partial charge in [-0.2, -0.15) is 0 Å². The van der Waals surface area contributed by atoms with E-state index in [4.69, 9.17) is 4.74 Å². The molecule has 1 fully saturated rings. The Morgan fingerprint density at radius 1 is 1.21 bits per heavy atom. The Morgan fingerprint density at radius 3 is 2.39 bits per heavy atom. The molecule has 1 aromatic carbocycles. The predicted molar refractivity (Wildman–Crippen MR) is 109 cm³/mol. The summed E-state index contributed by atoms with van der Waals surface area (Å²) in [5.41, 5.74) is 0.433. The lowest BCUT2D eigenvalue weighted by molar-refractivity contribution is 0.00208. The smallest absolute Gasteiger partial charge is 0.332 e. The van der Waals surface area contributed by atoms with Gasteiger partial charge in [-0.25, -0.2) is 9.18 Å². The van der Waals surface area contributed by atoms with E-state index in [1.807, 2.05) is 13.8 Å². The SMILES string of the molecule is C=C(NC1COC1)c1c(Nc2ccc(C)cc2F)n(C)c(=O)n(C)c1=O.CC. The highest BCUT2D eigenvalue weighted by molar-refractivity contribution is 5.75. The molecule has 0 aliphatic carbocycles. The van der Waals surface area contributed by atoms with E-state index in [2.05, 4.69) is 17.2 Å². The Balaban J connectivity index is 0.00000136. The van der Waals surface area contributed by atoms with Gasteiger partial charge in [-0.15, -0.1) is 0 Å². The van der Waals surface area contributed by atoms with Crippen LogP contribution in [0.2, 0.25) is 0 Å². The highest BCUT2D eigenvalue weighted by atomic mass is 19.1. The molecule has 0 amide bonds. The van der Waals surface area contributed by atoms with Crippen molar-refractivity contribution < 1.29 is 9.13 Å². The first kappa shape index (κ1) is 21.4. The minimum absolute atomic E-state index is 0.0494. The van der Waals surface area contributed by atoms with E-state index in [1.54, 1.807) is 19.1 Å². The van der Waals surface area contributed by atoms with Gasteiger partial charge in [0.25, 0.3) is 5.56 Å². The molecule has 28 heavy (non-hydrogen) atoms. The molecule has 152 valence electrons. The van der Waals surface area contributed by atoms with Gasteiger partial charge >= 0.3 is 5.69 Å². The van der Waals surface area contributed by atoms with E-state index in [9.17, 15) is 14.0 Å². The van der Waals surface area contributed by atoms with Crippen molar-refractivity contribution in [3.63, 3.8) is 0 Å². The Morgan fingerprint density at radius 2 is 1.86 bits per heavy atom. The third-order valence-electron chi connectivity index (χ3n) is 4.36. The van der Waals surface area contributed by atoms with Crippen molar-refractivity contribution in [2.75, 3.05) is 18.5 Å². The maximum atomic E-state index is 14.3. The molecular formula is C20H27FN4O3. The minimum atomic E-state index is -0.520. The molecule has 2 heterocycles. The number of halogens is 1. The van der Waals surface area contributed by atoms with Gasteiger partial charge in [0.05, 0.1) is 24.9 Å². The van der Waals surface area contributed by atoms with Gasteiger partial charge in [-0.05, 0) is 24.6 Å². The van der Waals surface area contributed by atoms with E-state index < -0.39 is 17.1 Å². The van der Waals surface area contributed by atoms with Crippen molar-refractivity contribution in [1.29, 1.82) is 0 Å². The van der Waals surface area contributed by atoms with Crippen LogP contribution in [0.25, 0.3) is 5.70 Å². The molecule has 8 heteroatoms. The van der Waals surface area contributed by atoms with Gasteiger partial charge in [0.1, 0.15) is 17.2 Å². The second kappa shape index (κ2) is 8.88. The van der Waals surface area contributed by atoms with Gasteiger partial charge in [0.15, 0.2) is 0 Å². The summed E-state index contributed by atoms with van der Waals surface area (Å²) >= 11 is 0. The van der Waals surface area contributed by atoms with Gasteiger partial charge in [-0.3, -0.25) is 13.9 Å². The molecule has 0 saturated carbocycles. The molecule has 0 spiro atoms. The van der Waals surface area contributed by atoms with Gasteiger partial charge in [0.2, 0.25) is 0 Å². The number of anilines is 2. The fraction of sp³-hybridized carbons (Fsp3) is 0.400. The largest absolute Gasteiger partial charge is 0.377 e. The standard InChI is InChI=1S/C18H21FN4O3.C2H6/c1-10-5-6-14(13(19)7-10)21-16-15(11(2)20-12-8-26-9-12)17(24)23(4)18(25)22(16)3;1-2/h5-7,12,20-21H,2,8-9H2,1,3-4H3;1-2H3. The molecule has 2 N–H and O–H groups in total. The van der Waals surface area contributed by atoms with Crippen LogP contribution in [0.3, 0.4) is 0 Å². The molecule has 1 aromatic heterocycles. The number of hydrogen-bond donors (Lipinski definition) is 2. The second-order valence-corrected chi connectivity index (χ2v) is 6.39. The molecular weight excluding hydrogens is 363 g/mol. The number of benzene rings is 1. The number of rotatable bonds is 5. The highest BCUT2D eigenvalue weighted by Crippen LogP contribution is 2.24. The third-order valence-corrected chi connectivity index (χ3v) is 4.36. The lowest BCUT2D eigenvalue weighted by Gasteiger charge is -2.29. The number of nitrogens with zero attached hydrogens (tertiary/aromatic N) is 2. The maximum absolute atomic E-state index is 14.3. The van der Waals surface area contributed by atoms with E-state index in [0.717, 1.165) is 10.1 Å². The fourth-order valence-electron chi connectivity index (χ4n) is 2.75. The van der Waals surface area contributed by atoms with E-state index in [1.165, 1.54) is 24.7 Å². The van der Waals surface area contributed by atoms with Crippen LogP contribution < -0.4 is 21.9 Å². The second-order valence-electron chi connectivity index (χ2n) is 6.39. The first-order chi connectivity index (χ1) is 13.3. The molecule has 2 aromatic rings. The topological polar surface area (TPSA) is 77.3 Å². The summed E-state index contributed by atoms with van der Waals surface area (Å²) in [4.78, 5) is 25.0. The molecule has 0 bridgehead atoms. The molecule has 1 aliphatic rings. The van der Waals surface area contributed by atoms with Crippen LogP contribution >= 0.6 is 0 Å². The average Bonchev–Trinajstić information content (AvgIpc) is 2.64. The van der Waals surface area contributed by atoms with Crippen molar-refractivity contribution >= 4 is 17.2 Å². The summed E-state index contributed by atoms with van der Waals surface area (Å²) in [5.74, 6) is -0.298. The highest BCUT2D eigenvalue weighted by Gasteiger charge is 2.24. The quantitative estimate of drug-likeness (QED) is 0.819. The lowest BCUT2D eigenvalue weighted by atomic mass is 10.1. The molecule has 1 aliphatic heterocycles. The van der Waals surface area contributed by atoms with Crippen LogP contribution in [-0.2, 0) is 18.8 Å². The van der Waals surface area contributed by atoms with Crippen LogP contribution in [0.5, 0.6) is 0 Å². The molecule has 0 unspecified atom stereocenters. The molecule has 3 rings (SSSR count). The zero-order valence-electron chi connectivity index (χ0n) is 16.9. The van der Waals surface area contributed by atoms with E-state index in [-0.39, 0.29) is 23.1 Å². The molecule has 7 nitrogen and oxygen atoms in total. The number of aromatic nitrogens is 2. The summed E-state index contributed by atoms with van der Waals surface area (Å²) in [7, 11) is 2.91. The molecule has 1 saturated heterocycles. The zero-order valence-corrected chi connectivity index (χ0v) is 16.9. The van der Waals surface area contributed by atoms with E-state index in [0.29, 0.717) is 18.9 Å². The molecule has 0 radical (unpaired) electrons. The van der Waals surface area contributed by atoms with Crippen LogP contribution in [0.1, 0.15) is 25.0 Å². The predicted octanol–water partition coefficient (Wildman–Crippen LogP) is 2.26. The zero-order chi connectivity index (χ0) is 21.0. The van der Waals surface area contributed by atoms with Crippen LogP contribution in [-0.4, -0.2) is 28.4 Å². The summed E-state index contributed by atoms with van der Waals surface area (Å²) in [5, 5.41) is 5.99. The summed E-state index contributed by atoms with van der Waals surface area (Å²) in [6.45, 7) is 10.7. The fourth-order valence-corrected chi connectivity index (χ4v) is 2.75. The van der Waals surface area contributed by atoms with Crippen molar-refractivity contribution in [3.8, 4) is 0 Å². The van der Waals surface area contributed by atoms with Gasteiger partial charge in [0, 0.05) is 19.8 Å². The summed E-state index contributed by atoms with van der Waals surface area (Å²) < 4.78 is 21.6. The Labute approximate surface area is 163 Å². The Bertz CT molecular complexity index is 990. The molecule has 0 atom stereocenters. The number of nitrogens with one attached hydrogen (secondary N) is 2. The normalized spacial score (nSPS) is 13.2. The van der Waals surface area contributed by atoms with Crippen LogP contribution in [0, 0.1) is 12.7 Å². The third kappa shape index (κ3) is 4.17. The minimum Gasteiger partial charge on any atom is -0.377 e. The monoisotopic (exact) mass is 390 g/mol. The number of aryl methyl sites for hydroxylation is 1. The lowest BCUT2D eigenvalue weighted by Crippen LogP contribution is -2.47. The van der Waals surface area contributed by atoms with Gasteiger partial charge in [-0.1, -0.05) is 26.5 Å². The summed E-state index contributed by atoms with van der Waals surface area (Å²) in [6.07, 6.45) is 0. The van der Waals surface area contributed by atoms with Crippen molar-refractivity contribution in [2.45, 2.75) is 26.8 Å². The van der Waals surface area contributed by atoms with Crippen LogP contribution in [0.15, 0.2) is 34.4 Å². The Kier molecular flexibility index (Phi) is 6.80. The average molecular weight is 390 g/mol. The maximum Gasteiger partial charge on any atom is 0.332 e. The van der Waals surface area contributed by atoms with E-state index >= 15 is 0 Å². The number of ether oxygens (including phenoxy) is 1. The first-order valence-corrected chi connectivity index (χ1v) is 9.16. The van der Waals surface area contributed by atoms with Crippen molar-refractivity contribution in [2.24, 2.45) is 14.1 Å². The summed E-state index contributed by atoms with van der Waals surface area (Å²) in [6, 6.07) is 4.73. The first-order valence-electron chi connectivity index (χ1n) is 9.16.